The lowest BCUT2D eigenvalue weighted by molar-refractivity contribution is -0.384. The van der Waals surface area contributed by atoms with Crippen molar-refractivity contribution in [3.05, 3.63) is 33.9 Å². The molecule has 1 aliphatic rings. The zero-order valence-electron chi connectivity index (χ0n) is 10.5. The van der Waals surface area contributed by atoms with Crippen molar-refractivity contribution in [1.29, 1.82) is 0 Å². The average molecular weight is 285 g/mol. The Bertz CT molecular complexity index is 547. The number of nitrogens with one attached hydrogen (secondary N) is 2. The minimum atomic E-state index is -1.17. The van der Waals surface area contributed by atoms with Crippen molar-refractivity contribution < 1.29 is 18.5 Å². The van der Waals surface area contributed by atoms with E-state index in [1.165, 1.54) is 0 Å². The Labute approximate surface area is 113 Å². The van der Waals surface area contributed by atoms with E-state index in [9.17, 15) is 23.7 Å². The zero-order valence-corrected chi connectivity index (χ0v) is 10.5. The summed E-state index contributed by atoms with van der Waals surface area (Å²) < 4.78 is 26.4. The lowest BCUT2D eigenvalue weighted by atomic mass is 10.2. The van der Waals surface area contributed by atoms with E-state index in [0.29, 0.717) is 24.6 Å². The van der Waals surface area contributed by atoms with Crippen molar-refractivity contribution in [3.8, 4) is 0 Å². The second-order valence-corrected chi connectivity index (χ2v) is 4.66. The van der Waals surface area contributed by atoms with Crippen LogP contribution in [0.1, 0.15) is 12.8 Å². The third kappa shape index (κ3) is 3.70. The number of nitro benzene ring substituents is 1. The van der Waals surface area contributed by atoms with Gasteiger partial charge in [-0.05, 0) is 25.3 Å². The van der Waals surface area contributed by atoms with E-state index in [2.05, 4.69) is 10.6 Å². The quantitative estimate of drug-likeness (QED) is 0.616. The highest BCUT2D eigenvalue weighted by molar-refractivity contribution is 5.94. The third-order valence-electron chi connectivity index (χ3n) is 2.91. The monoisotopic (exact) mass is 285 g/mol. The molecule has 2 rings (SSSR count). The molecule has 0 spiro atoms. The van der Waals surface area contributed by atoms with Crippen LogP contribution in [-0.4, -0.2) is 23.9 Å². The maximum Gasteiger partial charge on any atom is 0.298 e. The Balaban J connectivity index is 2.03. The number of nitrogens with zero attached hydrogens (tertiary/aromatic N) is 1. The number of hydrogen-bond donors (Lipinski definition) is 2. The van der Waals surface area contributed by atoms with Gasteiger partial charge in [0.05, 0.1) is 17.5 Å². The van der Waals surface area contributed by atoms with Crippen LogP contribution in [0.4, 0.5) is 20.2 Å². The smallest absolute Gasteiger partial charge is 0.298 e. The number of hydrogen-bond acceptors (Lipinski definition) is 4. The van der Waals surface area contributed by atoms with Crippen LogP contribution < -0.4 is 10.6 Å². The van der Waals surface area contributed by atoms with Crippen molar-refractivity contribution in [2.45, 2.75) is 12.8 Å². The van der Waals surface area contributed by atoms with Crippen LogP contribution in [0.5, 0.6) is 0 Å². The molecule has 20 heavy (non-hydrogen) atoms. The summed E-state index contributed by atoms with van der Waals surface area (Å²) in [7, 11) is 0. The van der Waals surface area contributed by atoms with E-state index in [1.54, 1.807) is 0 Å². The molecule has 0 saturated heterocycles. The van der Waals surface area contributed by atoms with Crippen molar-refractivity contribution in [3.63, 3.8) is 0 Å². The number of carbonyl (C=O) groups is 1. The van der Waals surface area contributed by atoms with Gasteiger partial charge in [-0.1, -0.05) is 0 Å². The third-order valence-corrected chi connectivity index (χ3v) is 2.91. The highest BCUT2D eigenvalue weighted by Gasteiger charge is 2.23. The van der Waals surface area contributed by atoms with Gasteiger partial charge in [-0.25, -0.2) is 8.78 Å². The van der Waals surface area contributed by atoms with Crippen LogP contribution in [0.3, 0.4) is 0 Å². The molecule has 0 aliphatic heterocycles. The molecule has 0 bridgehead atoms. The summed E-state index contributed by atoms with van der Waals surface area (Å²) >= 11 is 0. The van der Waals surface area contributed by atoms with Crippen molar-refractivity contribution in [2.75, 3.05) is 18.4 Å². The first-order chi connectivity index (χ1) is 9.47. The van der Waals surface area contributed by atoms with Crippen molar-refractivity contribution >= 4 is 17.3 Å². The van der Waals surface area contributed by atoms with E-state index in [-0.39, 0.29) is 6.54 Å². The lowest BCUT2D eigenvalue weighted by Gasteiger charge is -2.08. The number of carbonyl (C=O) groups excluding carboxylic acids is 1. The topological polar surface area (TPSA) is 84.3 Å². The fourth-order valence-corrected chi connectivity index (χ4v) is 1.72. The summed E-state index contributed by atoms with van der Waals surface area (Å²) in [6, 6.07) is 1.05. The standard InChI is InChI=1S/C12H13F2N3O3/c13-8-3-9(14)12(10(4-8)17(19)20)16-11(18)6-15-5-7-1-2-7/h3-4,7,15H,1-2,5-6H2,(H,16,18). The van der Waals surface area contributed by atoms with Gasteiger partial charge < -0.3 is 10.6 Å². The van der Waals surface area contributed by atoms with Crippen LogP contribution >= 0.6 is 0 Å². The highest BCUT2D eigenvalue weighted by Crippen LogP contribution is 2.29. The Morgan fingerprint density at radius 2 is 2.10 bits per heavy atom. The second-order valence-electron chi connectivity index (χ2n) is 4.66. The lowest BCUT2D eigenvalue weighted by Crippen LogP contribution is -2.30. The summed E-state index contributed by atoms with van der Waals surface area (Å²) in [5.74, 6) is -2.29. The van der Waals surface area contributed by atoms with Crippen LogP contribution in [0, 0.1) is 27.7 Å². The first-order valence-electron chi connectivity index (χ1n) is 6.11. The van der Waals surface area contributed by atoms with Gasteiger partial charge in [-0.2, -0.15) is 0 Å². The van der Waals surface area contributed by atoms with E-state index in [4.69, 9.17) is 0 Å². The minimum Gasteiger partial charge on any atom is -0.317 e. The Hall–Kier alpha value is -2.09. The first-order valence-corrected chi connectivity index (χ1v) is 6.11. The van der Waals surface area contributed by atoms with Gasteiger partial charge in [0.25, 0.3) is 5.69 Å². The molecule has 1 saturated carbocycles. The normalized spacial score (nSPS) is 14.1. The van der Waals surface area contributed by atoms with Gasteiger partial charge in [-0.3, -0.25) is 14.9 Å². The molecular weight excluding hydrogens is 272 g/mol. The van der Waals surface area contributed by atoms with E-state index in [0.717, 1.165) is 12.8 Å². The molecule has 0 aromatic heterocycles. The molecule has 6 nitrogen and oxygen atoms in total. The van der Waals surface area contributed by atoms with Crippen molar-refractivity contribution in [1.82, 2.24) is 5.32 Å². The maximum atomic E-state index is 13.5. The number of nitro groups is 1. The molecule has 0 radical (unpaired) electrons. The predicted molar refractivity (Wildman–Crippen MR) is 67.2 cm³/mol. The minimum absolute atomic E-state index is 0.0789. The Morgan fingerprint density at radius 1 is 1.40 bits per heavy atom. The molecule has 1 amide bonds. The molecule has 0 atom stereocenters. The van der Waals surface area contributed by atoms with Gasteiger partial charge in [0.2, 0.25) is 5.91 Å². The summed E-state index contributed by atoms with van der Waals surface area (Å²) in [5, 5.41) is 15.7. The Morgan fingerprint density at radius 3 is 2.70 bits per heavy atom. The molecule has 8 heteroatoms. The number of halogens is 2. The average Bonchev–Trinajstić information content (AvgIpc) is 3.16. The second kappa shape index (κ2) is 5.91. The van der Waals surface area contributed by atoms with Crippen LogP contribution in [0.25, 0.3) is 0 Å². The van der Waals surface area contributed by atoms with Crippen LogP contribution in [0.15, 0.2) is 12.1 Å². The van der Waals surface area contributed by atoms with Gasteiger partial charge in [0.1, 0.15) is 5.82 Å². The SMILES string of the molecule is O=C(CNCC1CC1)Nc1c(F)cc(F)cc1[N+](=O)[O-]. The van der Waals surface area contributed by atoms with Gasteiger partial charge >= 0.3 is 0 Å². The van der Waals surface area contributed by atoms with E-state index in [1.807, 2.05) is 0 Å². The molecular formula is C12H13F2N3O3. The molecule has 108 valence electrons. The summed E-state index contributed by atoms with van der Waals surface area (Å²) in [6.07, 6.45) is 2.24. The van der Waals surface area contributed by atoms with Crippen LogP contribution in [-0.2, 0) is 4.79 Å². The fourth-order valence-electron chi connectivity index (χ4n) is 1.72. The summed E-state index contributed by atoms with van der Waals surface area (Å²) in [5.41, 5.74) is -1.42. The summed E-state index contributed by atoms with van der Waals surface area (Å²) in [6.45, 7) is 0.603. The molecule has 1 aromatic rings. The number of benzene rings is 1. The van der Waals surface area contributed by atoms with E-state index >= 15 is 0 Å². The van der Waals surface area contributed by atoms with Crippen LogP contribution in [0.2, 0.25) is 0 Å². The van der Waals surface area contributed by atoms with Crippen molar-refractivity contribution in [2.24, 2.45) is 5.92 Å². The largest absolute Gasteiger partial charge is 0.317 e. The fraction of sp³-hybridized carbons (Fsp3) is 0.417. The highest BCUT2D eigenvalue weighted by atomic mass is 19.1. The zero-order chi connectivity index (χ0) is 14.7. The molecule has 0 heterocycles. The molecule has 1 aromatic carbocycles. The molecule has 0 unspecified atom stereocenters. The van der Waals surface area contributed by atoms with Gasteiger partial charge in [0, 0.05) is 6.07 Å². The van der Waals surface area contributed by atoms with Gasteiger partial charge in [0.15, 0.2) is 11.5 Å². The Kier molecular flexibility index (Phi) is 4.23. The molecule has 2 N–H and O–H groups in total. The maximum absolute atomic E-state index is 13.5. The number of amides is 1. The predicted octanol–water partition coefficient (Wildman–Crippen LogP) is 1.81. The molecule has 1 aliphatic carbocycles. The van der Waals surface area contributed by atoms with E-state index < -0.39 is 33.8 Å². The molecule has 1 fully saturated rings. The van der Waals surface area contributed by atoms with Gasteiger partial charge in [-0.15, -0.1) is 0 Å². The number of rotatable bonds is 6. The number of anilines is 1. The summed E-state index contributed by atoms with van der Waals surface area (Å²) in [4.78, 5) is 21.3. The first kappa shape index (κ1) is 14.3.